The highest BCUT2D eigenvalue weighted by Gasteiger charge is 2.10. The van der Waals surface area contributed by atoms with Crippen molar-refractivity contribution in [2.24, 2.45) is 0 Å². The number of fused-ring (bicyclic) bond motifs is 1. The number of carboxylic acids is 1. The maximum atomic E-state index is 11.3. The topological polar surface area (TPSA) is 98.3 Å². The Labute approximate surface area is 134 Å². The van der Waals surface area contributed by atoms with Crippen molar-refractivity contribution in [2.45, 2.75) is 26.3 Å². The van der Waals surface area contributed by atoms with E-state index in [0.717, 1.165) is 22.7 Å². The molecule has 1 aromatic carbocycles. The number of nitrogens with zero attached hydrogens (tertiary/aromatic N) is 2. The van der Waals surface area contributed by atoms with Gasteiger partial charge in [-0.3, -0.25) is 9.59 Å². The van der Waals surface area contributed by atoms with Crippen LogP contribution in [0.2, 0.25) is 0 Å². The van der Waals surface area contributed by atoms with Gasteiger partial charge in [0.25, 0.3) is 0 Å². The van der Waals surface area contributed by atoms with Crippen molar-refractivity contribution in [2.75, 3.05) is 17.3 Å². The zero-order chi connectivity index (χ0) is 17.0. The predicted molar refractivity (Wildman–Crippen MR) is 89.7 cm³/mol. The fourth-order valence-electron chi connectivity index (χ4n) is 1.94. The molecule has 0 unspecified atom stereocenters. The zero-order valence-electron chi connectivity index (χ0n) is 13.3. The molecule has 0 amide bonds. The van der Waals surface area contributed by atoms with Crippen LogP contribution in [0.4, 0.5) is 11.6 Å². The molecule has 0 saturated carbocycles. The molecule has 1 heterocycles. The lowest BCUT2D eigenvalue weighted by atomic mass is 10.2. The van der Waals surface area contributed by atoms with E-state index in [0.29, 0.717) is 6.04 Å². The van der Waals surface area contributed by atoms with E-state index in [2.05, 4.69) is 29.1 Å². The van der Waals surface area contributed by atoms with Crippen molar-refractivity contribution >= 4 is 34.4 Å². The third-order valence-electron chi connectivity index (χ3n) is 3.42. The molecule has 1 aromatic heterocycles. The monoisotopic (exact) mass is 316 g/mol. The molecule has 0 fully saturated rings. The number of hydrogen-bond acceptors (Lipinski definition) is 5. The number of rotatable bonds is 7. The summed E-state index contributed by atoms with van der Waals surface area (Å²) in [4.78, 5) is 31.5. The summed E-state index contributed by atoms with van der Waals surface area (Å²) in [6, 6.07) is 5.93. The van der Waals surface area contributed by atoms with Crippen LogP contribution in [-0.2, 0) is 9.59 Å². The van der Waals surface area contributed by atoms with Crippen molar-refractivity contribution in [3.05, 3.63) is 30.5 Å². The van der Waals surface area contributed by atoms with Gasteiger partial charge in [0.15, 0.2) is 5.78 Å². The lowest BCUT2D eigenvalue weighted by Crippen LogP contribution is -2.26. The first-order valence-corrected chi connectivity index (χ1v) is 7.27. The Morgan fingerprint density at radius 2 is 2.17 bits per heavy atom. The largest absolute Gasteiger partial charge is 0.481 e. The summed E-state index contributed by atoms with van der Waals surface area (Å²) in [5.41, 5.74) is 2.51. The molecule has 23 heavy (non-hydrogen) atoms. The number of anilines is 2. The number of ketones is 1. The number of aromatic amines is 1. The van der Waals surface area contributed by atoms with Crippen LogP contribution in [0.3, 0.4) is 0 Å². The molecular formula is C16H20N4O3. The fraction of sp³-hybridized carbons (Fsp3) is 0.312. The number of imidazole rings is 1. The Hall–Kier alpha value is -2.83. The molecule has 0 spiro atoms. The van der Waals surface area contributed by atoms with Crippen molar-refractivity contribution in [3.63, 3.8) is 0 Å². The minimum atomic E-state index is -1.14. The Bertz CT molecular complexity index is 749. The lowest BCUT2D eigenvalue weighted by molar-refractivity contribution is -0.139. The molecule has 0 aliphatic rings. The smallest absolute Gasteiger partial charge is 0.311 e. The van der Waals surface area contributed by atoms with Gasteiger partial charge in [-0.15, -0.1) is 0 Å². The summed E-state index contributed by atoms with van der Waals surface area (Å²) in [7, 11) is 1.97. The molecule has 0 atom stereocenters. The zero-order valence-corrected chi connectivity index (χ0v) is 13.3. The van der Waals surface area contributed by atoms with Crippen molar-refractivity contribution in [1.82, 2.24) is 9.97 Å². The molecule has 0 radical (unpaired) electrons. The van der Waals surface area contributed by atoms with Gasteiger partial charge in [0, 0.05) is 25.0 Å². The summed E-state index contributed by atoms with van der Waals surface area (Å²) in [5.74, 6) is -0.812. The number of hydrogen-bond donors (Lipinski definition) is 3. The minimum absolute atomic E-state index is 0.330. The molecule has 0 aliphatic heterocycles. The minimum Gasteiger partial charge on any atom is -0.481 e. The normalized spacial score (nSPS) is 11.3. The summed E-state index contributed by atoms with van der Waals surface area (Å²) in [5, 5.41) is 11.5. The SMILES string of the molecule is CC(C)N(C)c1nc2ccc(NC=CC(=O)CC(=O)O)cc2[nH]1. The second-order valence-electron chi connectivity index (χ2n) is 5.51. The van der Waals surface area contributed by atoms with E-state index in [1.165, 1.54) is 12.3 Å². The van der Waals surface area contributed by atoms with Crippen LogP contribution in [0, 0.1) is 0 Å². The third kappa shape index (κ3) is 4.32. The summed E-state index contributed by atoms with van der Waals surface area (Å²) < 4.78 is 0. The van der Waals surface area contributed by atoms with E-state index in [1.54, 1.807) is 0 Å². The Kier molecular flexibility index (Phi) is 5.00. The Morgan fingerprint density at radius 3 is 2.83 bits per heavy atom. The summed E-state index contributed by atoms with van der Waals surface area (Å²) in [6.07, 6.45) is 2.13. The van der Waals surface area contributed by atoms with Crippen molar-refractivity contribution in [3.8, 4) is 0 Å². The van der Waals surface area contributed by atoms with E-state index in [4.69, 9.17) is 5.11 Å². The molecule has 0 bridgehead atoms. The van der Waals surface area contributed by atoms with E-state index in [9.17, 15) is 9.59 Å². The lowest BCUT2D eigenvalue weighted by Gasteiger charge is -2.19. The molecule has 2 aromatic rings. The van der Waals surface area contributed by atoms with Crippen LogP contribution >= 0.6 is 0 Å². The fourth-order valence-corrected chi connectivity index (χ4v) is 1.94. The van der Waals surface area contributed by atoms with Crippen LogP contribution in [0.1, 0.15) is 20.3 Å². The third-order valence-corrected chi connectivity index (χ3v) is 3.42. The van der Waals surface area contributed by atoms with Gasteiger partial charge in [-0.05, 0) is 38.1 Å². The van der Waals surface area contributed by atoms with Crippen molar-refractivity contribution in [1.29, 1.82) is 0 Å². The molecule has 122 valence electrons. The van der Waals surface area contributed by atoms with Gasteiger partial charge < -0.3 is 20.3 Å². The molecule has 0 aliphatic carbocycles. The molecule has 3 N–H and O–H groups in total. The van der Waals surface area contributed by atoms with Gasteiger partial charge >= 0.3 is 5.97 Å². The van der Waals surface area contributed by atoms with Gasteiger partial charge in [0.05, 0.1) is 11.0 Å². The highest BCUT2D eigenvalue weighted by atomic mass is 16.4. The Morgan fingerprint density at radius 1 is 1.43 bits per heavy atom. The number of nitrogens with one attached hydrogen (secondary N) is 2. The second-order valence-corrected chi connectivity index (χ2v) is 5.51. The van der Waals surface area contributed by atoms with Gasteiger partial charge in [0.2, 0.25) is 5.95 Å². The average molecular weight is 316 g/mol. The molecular weight excluding hydrogens is 296 g/mol. The van der Waals surface area contributed by atoms with E-state index >= 15 is 0 Å². The molecule has 7 heteroatoms. The number of H-pyrrole nitrogens is 1. The predicted octanol–water partition coefficient (Wildman–Crippen LogP) is 2.38. The van der Waals surface area contributed by atoms with Crippen LogP contribution in [-0.4, -0.2) is 39.9 Å². The number of carbonyl (C=O) groups is 2. The van der Waals surface area contributed by atoms with Gasteiger partial charge in [0.1, 0.15) is 6.42 Å². The number of aliphatic carboxylic acids is 1. The van der Waals surface area contributed by atoms with Crippen LogP contribution in [0.5, 0.6) is 0 Å². The van der Waals surface area contributed by atoms with Gasteiger partial charge in [-0.2, -0.15) is 0 Å². The van der Waals surface area contributed by atoms with Gasteiger partial charge in [-0.25, -0.2) is 4.98 Å². The molecule has 7 nitrogen and oxygen atoms in total. The number of aromatic nitrogens is 2. The highest BCUT2D eigenvalue weighted by molar-refractivity contribution is 6.01. The van der Waals surface area contributed by atoms with Crippen LogP contribution in [0.25, 0.3) is 11.0 Å². The summed E-state index contributed by atoms with van der Waals surface area (Å²) in [6.45, 7) is 4.16. The van der Waals surface area contributed by atoms with E-state index in [-0.39, 0.29) is 0 Å². The van der Waals surface area contributed by atoms with Crippen LogP contribution < -0.4 is 10.2 Å². The maximum Gasteiger partial charge on any atom is 0.311 e. The number of allylic oxidation sites excluding steroid dienone is 1. The highest BCUT2D eigenvalue weighted by Crippen LogP contribution is 2.21. The average Bonchev–Trinajstić information content (AvgIpc) is 2.88. The quantitative estimate of drug-likeness (QED) is 0.536. The van der Waals surface area contributed by atoms with E-state index < -0.39 is 18.2 Å². The van der Waals surface area contributed by atoms with Crippen LogP contribution in [0.15, 0.2) is 30.5 Å². The standard InChI is InChI=1S/C16H20N4O3/c1-10(2)20(3)16-18-13-5-4-11(8-14(13)19-16)17-7-6-12(21)9-15(22)23/h4-8,10,17H,9H2,1-3H3,(H,18,19)(H,22,23). The van der Waals surface area contributed by atoms with E-state index in [1.807, 2.05) is 30.1 Å². The first-order valence-electron chi connectivity index (χ1n) is 7.27. The number of carboxylic acid groups (broad SMARTS) is 1. The number of carbonyl (C=O) groups excluding carboxylic acids is 1. The molecule has 0 saturated heterocycles. The first kappa shape index (κ1) is 16.5. The second kappa shape index (κ2) is 6.95. The first-order chi connectivity index (χ1) is 10.9. The van der Waals surface area contributed by atoms with Crippen molar-refractivity contribution < 1.29 is 14.7 Å². The molecule has 2 rings (SSSR count). The van der Waals surface area contributed by atoms with Gasteiger partial charge in [-0.1, -0.05) is 0 Å². The maximum absolute atomic E-state index is 11.3. The number of benzene rings is 1. The Balaban J connectivity index is 2.09. The summed E-state index contributed by atoms with van der Waals surface area (Å²) >= 11 is 0.